The van der Waals surface area contributed by atoms with Crippen molar-refractivity contribution in [1.82, 2.24) is 10.3 Å². The summed E-state index contributed by atoms with van der Waals surface area (Å²) in [4.78, 5) is 15.9. The number of carbonyl (C=O) groups excluding carboxylic acids is 1. The highest BCUT2D eigenvalue weighted by Crippen LogP contribution is 2.31. The summed E-state index contributed by atoms with van der Waals surface area (Å²) in [5, 5.41) is 2.80. The lowest BCUT2D eigenvalue weighted by Crippen LogP contribution is -2.34. The molecule has 1 fully saturated rings. The van der Waals surface area contributed by atoms with Crippen molar-refractivity contribution in [1.29, 1.82) is 0 Å². The highest BCUT2D eigenvalue weighted by molar-refractivity contribution is 5.85. The van der Waals surface area contributed by atoms with Gasteiger partial charge in [-0.2, -0.15) is 13.2 Å². The van der Waals surface area contributed by atoms with Crippen molar-refractivity contribution in [3.63, 3.8) is 0 Å². The summed E-state index contributed by atoms with van der Waals surface area (Å²) in [5.41, 5.74) is 6.29. The summed E-state index contributed by atoms with van der Waals surface area (Å²) < 4.78 is 40.9. The van der Waals surface area contributed by atoms with Gasteiger partial charge >= 0.3 is 6.18 Å². The highest BCUT2D eigenvalue weighted by Gasteiger charge is 2.31. The van der Waals surface area contributed by atoms with Crippen molar-refractivity contribution < 1.29 is 22.7 Å². The van der Waals surface area contributed by atoms with Crippen LogP contribution in [0.25, 0.3) is 0 Å². The summed E-state index contributed by atoms with van der Waals surface area (Å²) >= 11 is 0. The van der Waals surface area contributed by atoms with E-state index in [0.717, 1.165) is 19.3 Å². The van der Waals surface area contributed by atoms with E-state index in [2.05, 4.69) is 15.0 Å². The third kappa shape index (κ3) is 7.66. The molecule has 10 heteroatoms. The molecule has 2 rings (SSSR count). The van der Waals surface area contributed by atoms with E-state index < -0.39 is 12.8 Å². The molecular formula is C15H22Cl2F3N3O2. The molecule has 1 aromatic heterocycles. The van der Waals surface area contributed by atoms with Gasteiger partial charge in [0.05, 0.1) is 0 Å². The van der Waals surface area contributed by atoms with Crippen LogP contribution in [0.2, 0.25) is 0 Å². The van der Waals surface area contributed by atoms with Crippen molar-refractivity contribution in [2.24, 2.45) is 17.6 Å². The van der Waals surface area contributed by atoms with E-state index in [1.54, 1.807) is 6.07 Å². The van der Waals surface area contributed by atoms with E-state index in [0.29, 0.717) is 12.1 Å². The van der Waals surface area contributed by atoms with Crippen LogP contribution in [-0.4, -0.2) is 30.2 Å². The normalized spacial score (nSPS) is 19.5. The SMILES string of the molecule is Cl.Cl.NC[C@H]1CCC[C@H]1C(=O)NCc1ccnc(OCC(F)(F)F)c1. The van der Waals surface area contributed by atoms with Crippen molar-refractivity contribution in [3.8, 4) is 5.88 Å². The number of halogens is 5. The van der Waals surface area contributed by atoms with Gasteiger partial charge in [0.1, 0.15) is 0 Å². The van der Waals surface area contributed by atoms with Crippen LogP contribution in [0.1, 0.15) is 24.8 Å². The average molecular weight is 404 g/mol. The zero-order chi connectivity index (χ0) is 16.9. The van der Waals surface area contributed by atoms with Gasteiger partial charge in [-0.25, -0.2) is 4.98 Å². The van der Waals surface area contributed by atoms with Crippen LogP contribution in [-0.2, 0) is 11.3 Å². The molecule has 3 N–H and O–H groups in total. The molecule has 0 bridgehead atoms. The molecule has 1 aliphatic carbocycles. The van der Waals surface area contributed by atoms with E-state index >= 15 is 0 Å². The molecule has 1 heterocycles. The third-order valence-corrected chi connectivity index (χ3v) is 3.95. The van der Waals surface area contributed by atoms with Gasteiger partial charge in [-0.05, 0) is 36.9 Å². The third-order valence-electron chi connectivity index (χ3n) is 3.95. The Labute approximate surface area is 156 Å². The maximum Gasteiger partial charge on any atom is 0.422 e. The van der Waals surface area contributed by atoms with Crippen LogP contribution in [0.5, 0.6) is 5.88 Å². The molecule has 1 aromatic rings. The fraction of sp³-hybridized carbons (Fsp3) is 0.600. The number of pyridine rings is 1. The lowest BCUT2D eigenvalue weighted by atomic mass is 9.95. The Kier molecular flexibility index (Phi) is 10.1. The molecule has 5 nitrogen and oxygen atoms in total. The molecule has 0 radical (unpaired) electrons. The van der Waals surface area contributed by atoms with E-state index in [-0.39, 0.29) is 55.0 Å². The highest BCUT2D eigenvalue weighted by atomic mass is 35.5. The average Bonchev–Trinajstić information content (AvgIpc) is 2.99. The molecule has 144 valence electrons. The van der Waals surface area contributed by atoms with E-state index in [4.69, 9.17) is 5.73 Å². The van der Waals surface area contributed by atoms with Gasteiger partial charge in [-0.3, -0.25) is 4.79 Å². The number of nitrogens with one attached hydrogen (secondary N) is 1. The predicted molar refractivity (Wildman–Crippen MR) is 92.0 cm³/mol. The van der Waals surface area contributed by atoms with Crippen LogP contribution in [0.15, 0.2) is 18.3 Å². The van der Waals surface area contributed by atoms with Crippen molar-refractivity contribution in [2.75, 3.05) is 13.2 Å². The molecule has 25 heavy (non-hydrogen) atoms. The number of ether oxygens (including phenoxy) is 1. The van der Waals surface area contributed by atoms with E-state index in [9.17, 15) is 18.0 Å². The number of hydrogen-bond acceptors (Lipinski definition) is 4. The number of rotatable bonds is 6. The Balaban J connectivity index is 0.00000288. The van der Waals surface area contributed by atoms with Gasteiger partial charge in [0.2, 0.25) is 11.8 Å². The summed E-state index contributed by atoms with van der Waals surface area (Å²) in [7, 11) is 0. The minimum absolute atomic E-state index is 0. The van der Waals surface area contributed by atoms with Crippen LogP contribution in [0, 0.1) is 11.8 Å². The monoisotopic (exact) mass is 403 g/mol. The second-order valence-corrected chi connectivity index (χ2v) is 5.66. The summed E-state index contributed by atoms with van der Waals surface area (Å²) in [6.45, 7) is -0.684. The Morgan fingerprint density at radius 1 is 1.36 bits per heavy atom. The Bertz CT molecular complexity index is 547. The first-order chi connectivity index (χ1) is 10.9. The van der Waals surface area contributed by atoms with Crippen LogP contribution < -0.4 is 15.8 Å². The molecule has 1 amide bonds. The molecule has 1 saturated carbocycles. The quantitative estimate of drug-likeness (QED) is 0.765. The minimum atomic E-state index is -4.41. The van der Waals surface area contributed by atoms with Gasteiger partial charge in [-0.15, -0.1) is 24.8 Å². The molecule has 1 aliphatic rings. The zero-order valence-corrected chi connectivity index (χ0v) is 15.1. The number of carbonyl (C=O) groups is 1. The van der Waals surface area contributed by atoms with Gasteiger partial charge < -0.3 is 15.8 Å². The van der Waals surface area contributed by atoms with Gasteiger partial charge in [0, 0.05) is 24.7 Å². The first-order valence-electron chi connectivity index (χ1n) is 7.51. The first kappa shape index (κ1) is 23.8. The second kappa shape index (κ2) is 10.7. The molecule has 2 atom stereocenters. The van der Waals surface area contributed by atoms with E-state index in [1.807, 2.05) is 0 Å². The van der Waals surface area contributed by atoms with Crippen LogP contribution in [0.4, 0.5) is 13.2 Å². The van der Waals surface area contributed by atoms with Gasteiger partial charge in [0.15, 0.2) is 6.61 Å². The van der Waals surface area contributed by atoms with Crippen molar-refractivity contribution in [3.05, 3.63) is 23.9 Å². The zero-order valence-electron chi connectivity index (χ0n) is 13.4. The van der Waals surface area contributed by atoms with E-state index in [1.165, 1.54) is 12.3 Å². The Morgan fingerprint density at radius 2 is 2.08 bits per heavy atom. The molecule has 0 unspecified atom stereocenters. The Hall–Kier alpha value is -1.25. The first-order valence-corrected chi connectivity index (χ1v) is 7.51. The molecule has 0 saturated heterocycles. The van der Waals surface area contributed by atoms with Gasteiger partial charge in [0.25, 0.3) is 0 Å². The largest absolute Gasteiger partial charge is 0.468 e. The lowest BCUT2D eigenvalue weighted by molar-refractivity contribution is -0.154. The Morgan fingerprint density at radius 3 is 2.72 bits per heavy atom. The molecule has 0 aromatic carbocycles. The smallest absolute Gasteiger partial charge is 0.422 e. The standard InChI is InChI=1S/C15H20F3N3O2.2ClH/c16-15(17,18)9-23-13-6-10(4-5-20-13)8-21-14(22)12-3-1-2-11(12)7-19;;/h4-6,11-12H,1-3,7-9,19H2,(H,21,22);2*1H/t11-,12-;;/m1../s1. The van der Waals surface area contributed by atoms with Gasteiger partial charge in [-0.1, -0.05) is 6.42 Å². The van der Waals surface area contributed by atoms with Crippen molar-refractivity contribution >= 4 is 30.7 Å². The number of hydrogen-bond donors (Lipinski definition) is 2. The summed E-state index contributed by atoms with van der Waals surface area (Å²) in [6.07, 6.45) is -0.287. The van der Waals surface area contributed by atoms with Crippen LogP contribution >= 0.6 is 24.8 Å². The fourth-order valence-corrected chi connectivity index (χ4v) is 2.78. The van der Waals surface area contributed by atoms with Crippen molar-refractivity contribution in [2.45, 2.75) is 32.0 Å². The lowest BCUT2D eigenvalue weighted by Gasteiger charge is -2.17. The number of nitrogens with two attached hydrogens (primary N) is 1. The molecular weight excluding hydrogens is 382 g/mol. The maximum absolute atomic E-state index is 12.2. The number of aromatic nitrogens is 1. The number of nitrogens with zero attached hydrogens (tertiary/aromatic N) is 1. The fourth-order valence-electron chi connectivity index (χ4n) is 2.78. The number of alkyl halides is 3. The maximum atomic E-state index is 12.2. The topological polar surface area (TPSA) is 77.2 Å². The summed E-state index contributed by atoms with van der Waals surface area (Å²) in [5.74, 6) is -0.0526. The number of amides is 1. The minimum Gasteiger partial charge on any atom is -0.468 e. The molecule has 0 spiro atoms. The second-order valence-electron chi connectivity index (χ2n) is 5.66. The molecule has 0 aliphatic heterocycles. The van der Waals surface area contributed by atoms with Crippen LogP contribution in [0.3, 0.4) is 0 Å². The summed E-state index contributed by atoms with van der Waals surface area (Å²) in [6, 6.07) is 3.01. The predicted octanol–water partition coefficient (Wildman–Crippen LogP) is 2.86.